The summed E-state index contributed by atoms with van der Waals surface area (Å²) < 4.78 is 13.4. The molecule has 4 rings (SSSR count). The Kier molecular flexibility index (Phi) is 6.30. The van der Waals surface area contributed by atoms with E-state index >= 15 is 0 Å². The molecule has 9 heteroatoms. The van der Waals surface area contributed by atoms with E-state index in [4.69, 9.17) is 9.15 Å². The number of carbonyl (C=O) groups is 1. The summed E-state index contributed by atoms with van der Waals surface area (Å²) in [4.78, 5) is 24.7. The molecule has 0 bridgehead atoms. The maximum Gasteiger partial charge on any atom is 0.287 e. The number of carbonyl (C=O) groups excluding carboxylic acids is 1. The first kappa shape index (κ1) is 22.3. The van der Waals surface area contributed by atoms with E-state index < -0.39 is 0 Å². The minimum atomic E-state index is -0.306. The van der Waals surface area contributed by atoms with Crippen LogP contribution in [0.4, 0.5) is 0 Å². The van der Waals surface area contributed by atoms with Gasteiger partial charge in [-0.3, -0.25) is 9.48 Å². The number of rotatable bonds is 8. The molecular formula is C24H28N6O3. The lowest BCUT2D eigenvalue weighted by atomic mass is 10.0. The third-order valence-electron chi connectivity index (χ3n) is 5.34. The number of aryl methyl sites for hydroxylation is 3. The molecule has 2 N–H and O–H groups in total. The lowest BCUT2D eigenvalue weighted by Gasteiger charge is -2.19. The van der Waals surface area contributed by atoms with E-state index in [0.29, 0.717) is 23.8 Å². The number of nitrogens with zero attached hydrogens (tertiary/aromatic N) is 4. The molecule has 1 amide bonds. The highest BCUT2D eigenvalue weighted by molar-refractivity contribution is 5.92. The number of H-pyrrole nitrogens is 1. The van der Waals surface area contributed by atoms with Crippen molar-refractivity contribution in [1.82, 2.24) is 30.0 Å². The van der Waals surface area contributed by atoms with Gasteiger partial charge in [0.25, 0.3) is 5.91 Å². The van der Waals surface area contributed by atoms with Crippen molar-refractivity contribution in [3.05, 3.63) is 71.4 Å². The third kappa shape index (κ3) is 5.14. The van der Waals surface area contributed by atoms with E-state index in [9.17, 15) is 4.79 Å². The second-order valence-electron chi connectivity index (χ2n) is 8.38. The highest BCUT2D eigenvalue weighted by atomic mass is 16.5. The van der Waals surface area contributed by atoms with Crippen LogP contribution in [0.2, 0.25) is 0 Å². The van der Waals surface area contributed by atoms with Gasteiger partial charge in [0.1, 0.15) is 29.6 Å². The largest absolute Gasteiger partial charge is 0.486 e. The summed E-state index contributed by atoms with van der Waals surface area (Å²) in [7, 11) is 1.90. The predicted octanol–water partition coefficient (Wildman–Crippen LogP) is 4.12. The molecule has 0 radical (unpaired) electrons. The van der Waals surface area contributed by atoms with Gasteiger partial charge in [0.05, 0.1) is 12.2 Å². The van der Waals surface area contributed by atoms with Crippen LogP contribution in [0.15, 0.2) is 47.1 Å². The standard InChI is InChI=1S/C24H28N6O3/c1-14(2)22(23-26-11-15(3)27-23)28-24(31)21-9-8-20(33-21)19-7-6-18(12-25-19)32-13-17-10-16(4)30(5)29-17/h6-12,14,22H,13H2,1-5H3,(H,26,27)(H,28,31)/t22-/m0/s1. The van der Waals surface area contributed by atoms with Crippen LogP contribution < -0.4 is 10.1 Å². The first-order valence-corrected chi connectivity index (χ1v) is 10.8. The van der Waals surface area contributed by atoms with Crippen molar-refractivity contribution >= 4 is 5.91 Å². The normalized spacial score (nSPS) is 12.2. The van der Waals surface area contributed by atoms with Crippen molar-refractivity contribution in [2.45, 2.75) is 40.3 Å². The lowest BCUT2D eigenvalue weighted by Crippen LogP contribution is -2.32. The summed E-state index contributed by atoms with van der Waals surface area (Å²) in [6, 6.07) is 8.71. The van der Waals surface area contributed by atoms with Gasteiger partial charge in [-0.05, 0) is 50.1 Å². The number of ether oxygens (including phenoxy) is 1. The number of hydrogen-bond donors (Lipinski definition) is 2. The number of imidazole rings is 1. The van der Waals surface area contributed by atoms with Gasteiger partial charge in [-0.1, -0.05) is 13.8 Å². The van der Waals surface area contributed by atoms with E-state index in [2.05, 4.69) is 25.4 Å². The van der Waals surface area contributed by atoms with E-state index in [1.165, 1.54) is 0 Å². The number of amides is 1. The average Bonchev–Trinajstić information content (AvgIpc) is 3.51. The zero-order chi connectivity index (χ0) is 23.5. The van der Waals surface area contributed by atoms with Gasteiger partial charge in [-0.2, -0.15) is 5.10 Å². The molecule has 172 valence electrons. The monoisotopic (exact) mass is 448 g/mol. The Labute approximate surface area is 192 Å². The topological polar surface area (TPSA) is 111 Å². The van der Waals surface area contributed by atoms with Crippen LogP contribution in [0.25, 0.3) is 11.5 Å². The van der Waals surface area contributed by atoms with E-state index in [1.54, 1.807) is 30.6 Å². The zero-order valence-corrected chi connectivity index (χ0v) is 19.4. The van der Waals surface area contributed by atoms with Crippen molar-refractivity contribution < 1.29 is 13.9 Å². The van der Waals surface area contributed by atoms with Crippen LogP contribution in [0.3, 0.4) is 0 Å². The van der Waals surface area contributed by atoms with Crippen LogP contribution in [0, 0.1) is 19.8 Å². The first-order valence-electron chi connectivity index (χ1n) is 10.8. The van der Waals surface area contributed by atoms with Crippen molar-refractivity contribution in [3.63, 3.8) is 0 Å². The van der Waals surface area contributed by atoms with Crippen molar-refractivity contribution in [1.29, 1.82) is 0 Å². The van der Waals surface area contributed by atoms with Crippen LogP contribution in [-0.4, -0.2) is 30.6 Å². The lowest BCUT2D eigenvalue weighted by molar-refractivity contribution is 0.0896. The quantitative estimate of drug-likeness (QED) is 0.419. The smallest absolute Gasteiger partial charge is 0.287 e. The van der Waals surface area contributed by atoms with E-state index in [1.807, 2.05) is 51.6 Å². The molecule has 9 nitrogen and oxygen atoms in total. The SMILES string of the molecule is Cc1cnc([C@@H](NC(=O)c2ccc(-c3ccc(OCc4cc(C)n(C)n4)cn3)o2)C(C)C)[nH]1. The number of aromatic nitrogens is 5. The fourth-order valence-corrected chi connectivity index (χ4v) is 3.43. The molecule has 33 heavy (non-hydrogen) atoms. The summed E-state index contributed by atoms with van der Waals surface area (Å²) in [6.07, 6.45) is 3.37. The van der Waals surface area contributed by atoms with Gasteiger partial charge < -0.3 is 19.5 Å². The van der Waals surface area contributed by atoms with Gasteiger partial charge in [-0.15, -0.1) is 0 Å². The zero-order valence-electron chi connectivity index (χ0n) is 19.4. The van der Waals surface area contributed by atoms with Crippen molar-refractivity contribution in [2.75, 3.05) is 0 Å². The minimum absolute atomic E-state index is 0.151. The van der Waals surface area contributed by atoms with E-state index in [0.717, 1.165) is 22.9 Å². The predicted molar refractivity (Wildman–Crippen MR) is 123 cm³/mol. The maximum absolute atomic E-state index is 12.8. The number of aromatic amines is 1. The molecule has 0 spiro atoms. The van der Waals surface area contributed by atoms with Crippen LogP contribution >= 0.6 is 0 Å². The fourth-order valence-electron chi connectivity index (χ4n) is 3.43. The molecule has 0 unspecified atom stereocenters. The molecule has 0 fully saturated rings. The molecule has 0 aliphatic heterocycles. The average molecular weight is 449 g/mol. The molecule has 0 aliphatic rings. The highest BCUT2D eigenvalue weighted by Gasteiger charge is 2.23. The van der Waals surface area contributed by atoms with E-state index in [-0.39, 0.29) is 23.6 Å². The molecule has 0 aromatic carbocycles. The second kappa shape index (κ2) is 9.32. The number of nitrogens with one attached hydrogen (secondary N) is 2. The molecule has 0 saturated heterocycles. The summed E-state index contributed by atoms with van der Waals surface area (Å²) >= 11 is 0. The van der Waals surface area contributed by atoms with Gasteiger partial charge in [0, 0.05) is 24.6 Å². The molecule has 4 aromatic rings. The van der Waals surface area contributed by atoms with Gasteiger partial charge >= 0.3 is 0 Å². The molecule has 1 atom stereocenters. The van der Waals surface area contributed by atoms with Crippen molar-refractivity contribution in [3.8, 4) is 17.2 Å². The molecule has 4 heterocycles. The van der Waals surface area contributed by atoms with Gasteiger partial charge in [-0.25, -0.2) is 9.97 Å². The molecule has 0 aliphatic carbocycles. The Morgan fingerprint density at radius 3 is 2.61 bits per heavy atom. The fraction of sp³-hybridized carbons (Fsp3) is 0.333. The number of hydrogen-bond acceptors (Lipinski definition) is 6. The minimum Gasteiger partial charge on any atom is -0.486 e. The molecule has 0 saturated carbocycles. The Morgan fingerprint density at radius 2 is 2.00 bits per heavy atom. The summed E-state index contributed by atoms with van der Waals surface area (Å²) in [6.45, 7) is 8.33. The summed E-state index contributed by atoms with van der Waals surface area (Å²) in [5, 5.41) is 7.37. The van der Waals surface area contributed by atoms with Crippen LogP contribution in [-0.2, 0) is 13.7 Å². The van der Waals surface area contributed by atoms with Gasteiger partial charge in [0.2, 0.25) is 0 Å². The molecule has 4 aromatic heterocycles. The van der Waals surface area contributed by atoms with Gasteiger partial charge in [0.15, 0.2) is 11.5 Å². The Morgan fingerprint density at radius 1 is 1.18 bits per heavy atom. The number of furan rings is 1. The Hall–Kier alpha value is -3.88. The summed E-state index contributed by atoms with van der Waals surface area (Å²) in [5.41, 5.74) is 3.47. The Bertz CT molecular complexity index is 1220. The number of pyridine rings is 1. The maximum atomic E-state index is 12.8. The Balaban J connectivity index is 1.40. The highest BCUT2D eigenvalue weighted by Crippen LogP contribution is 2.24. The molecular weight excluding hydrogens is 420 g/mol. The second-order valence-corrected chi connectivity index (χ2v) is 8.38. The third-order valence-corrected chi connectivity index (χ3v) is 5.34. The van der Waals surface area contributed by atoms with Crippen molar-refractivity contribution in [2.24, 2.45) is 13.0 Å². The van der Waals surface area contributed by atoms with Crippen LogP contribution in [0.5, 0.6) is 5.75 Å². The summed E-state index contributed by atoms with van der Waals surface area (Å²) in [5.74, 6) is 1.91. The van der Waals surface area contributed by atoms with Crippen LogP contribution in [0.1, 0.15) is 53.4 Å². The first-order chi connectivity index (χ1) is 15.8.